The Hall–Kier alpha value is -0.980. The molecule has 1 aliphatic heterocycles. The zero-order chi connectivity index (χ0) is 11.4. The Bertz CT molecular complexity index is 329. The maximum absolute atomic E-state index is 5.39. The van der Waals surface area contributed by atoms with Crippen molar-refractivity contribution in [3.8, 4) is 0 Å². The zero-order valence-corrected chi connectivity index (χ0v) is 9.60. The summed E-state index contributed by atoms with van der Waals surface area (Å²) in [5.74, 6) is 1.51. The van der Waals surface area contributed by atoms with Gasteiger partial charge < -0.3 is 19.3 Å². The smallest absolute Gasteiger partial charge is 0.233 e. The molecule has 0 aromatic carbocycles. The molecule has 90 valence electrons. The standard InChI is InChI=1S/C10H17N3O3/c1-11-8-6-15-5-7(8)10-12-9(13-16-10)3-4-14-2/h7-8,11H,3-6H2,1-2H3. The summed E-state index contributed by atoms with van der Waals surface area (Å²) in [4.78, 5) is 4.35. The second kappa shape index (κ2) is 5.38. The highest BCUT2D eigenvalue weighted by Gasteiger charge is 2.32. The lowest BCUT2D eigenvalue weighted by Gasteiger charge is -2.11. The van der Waals surface area contributed by atoms with Gasteiger partial charge in [-0.1, -0.05) is 5.16 Å². The van der Waals surface area contributed by atoms with E-state index in [4.69, 9.17) is 14.0 Å². The minimum Gasteiger partial charge on any atom is -0.384 e. The Morgan fingerprint density at radius 2 is 2.38 bits per heavy atom. The molecule has 16 heavy (non-hydrogen) atoms. The highest BCUT2D eigenvalue weighted by atomic mass is 16.5. The maximum Gasteiger partial charge on any atom is 0.233 e. The lowest BCUT2D eigenvalue weighted by Crippen LogP contribution is -2.31. The van der Waals surface area contributed by atoms with Crippen LogP contribution in [0.5, 0.6) is 0 Å². The van der Waals surface area contributed by atoms with E-state index >= 15 is 0 Å². The van der Waals surface area contributed by atoms with Crippen molar-refractivity contribution < 1.29 is 14.0 Å². The molecule has 1 aromatic heterocycles. The van der Waals surface area contributed by atoms with Crippen molar-refractivity contribution in [1.82, 2.24) is 15.5 Å². The molecule has 6 nitrogen and oxygen atoms in total. The predicted molar refractivity (Wildman–Crippen MR) is 56.3 cm³/mol. The molecule has 0 radical (unpaired) electrons. The first kappa shape index (κ1) is 11.5. The van der Waals surface area contributed by atoms with Crippen LogP contribution in [0.1, 0.15) is 17.6 Å². The van der Waals surface area contributed by atoms with E-state index in [-0.39, 0.29) is 12.0 Å². The summed E-state index contributed by atoms with van der Waals surface area (Å²) < 4.78 is 15.6. The number of hydrogen-bond donors (Lipinski definition) is 1. The van der Waals surface area contributed by atoms with Gasteiger partial charge in [-0.25, -0.2) is 0 Å². The molecule has 1 fully saturated rings. The molecule has 1 aliphatic rings. The molecule has 1 saturated heterocycles. The second-order valence-corrected chi connectivity index (χ2v) is 3.83. The van der Waals surface area contributed by atoms with Crippen LogP contribution in [-0.4, -0.2) is 50.2 Å². The molecule has 0 spiro atoms. The van der Waals surface area contributed by atoms with E-state index in [0.29, 0.717) is 38.0 Å². The summed E-state index contributed by atoms with van der Waals surface area (Å²) in [6.45, 7) is 1.93. The molecule has 6 heteroatoms. The van der Waals surface area contributed by atoms with E-state index in [1.165, 1.54) is 0 Å². The quantitative estimate of drug-likeness (QED) is 0.761. The summed E-state index contributed by atoms with van der Waals surface area (Å²) in [5.41, 5.74) is 0. The number of likely N-dealkylation sites (N-methyl/N-ethyl adjacent to an activating group) is 1. The first-order valence-corrected chi connectivity index (χ1v) is 5.41. The Morgan fingerprint density at radius 3 is 3.12 bits per heavy atom. The molecule has 2 atom stereocenters. The van der Waals surface area contributed by atoms with Gasteiger partial charge in [-0.2, -0.15) is 4.98 Å². The van der Waals surface area contributed by atoms with Gasteiger partial charge in [0.2, 0.25) is 5.89 Å². The van der Waals surface area contributed by atoms with E-state index in [2.05, 4.69) is 15.5 Å². The average molecular weight is 227 g/mol. The van der Waals surface area contributed by atoms with Gasteiger partial charge in [-0.05, 0) is 7.05 Å². The van der Waals surface area contributed by atoms with Crippen molar-refractivity contribution in [3.63, 3.8) is 0 Å². The topological polar surface area (TPSA) is 69.4 Å². The van der Waals surface area contributed by atoms with Crippen molar-refractivity contribution in [1.29, 1.82) is 0 Å². The molecular formula is C10H17N3O3. The third-order valence-electron chi connectivity index (χ3n) is 2.78. The highest BCUT2D eigenvalue weighted by Crippen LogP contribution is 2.24. The molecule has 0 aliphatic carbocycles. The van der Waals surface area contributed by atoms with Crippen molar-refractivity contribution in [2.45, 2.75) is 18.4 Å². The minimum atomic E-state index is 0.161. The lowest BCUT2D eigenvalue weighted by molar-refractivity contribution is 0.185. The van der Waals surface area contributed by atoms with Gasteiger partial charge in [0.25, 0.3) is 0 Å². The van der Waals surface area contributed by atoms with Gasteiger partial charge in [0.15, 0.2) is 5.82 Å². The van der Waals surface area contributed by atoms with Crippen LogP contribution in [0, 0.1) is 0 Å². The summed E-state index contributed by atoms with van der Waals surface area (Å²) in [7, 11) is 3.57. The summed E-state index contributed by atoms with van der Waals surface area (Å²) in [5, 5.41) is 7.11. The molecule has 2 rings (SSSR count). The van der Waals surface area contributed by atoms with Crippen molar-refractivity contribution >= 4 is 0 Å². The molecule has 2 unspecified atom stereocenters. The van der Waals surface area contributed by atoms with E-state index in [1.807, 2.05) is 7.05 Å². The highest BCUT2D eigenvalue weighted by molar-refractivity contribution is 5.02. The Morgan fingerprint density at radius 1 is 1.50 bits per heavy atom. The van der Waals surface area contributed by atoms with Crippen LogP contribution >= 0.6 is 0 Å². The van der Waals surface area contributed by atoms with Gasteiger partial charge in [-0.15, -0.1) is 0 Å². The molecule has 2 heterocycles. The number of nitrogens with zero attached hydrogens (tertiary/aromatic N) is 2. The number of nitrogens with one attached hydrogen (secondary N) is 1. The fourth-order valence-corrected chi connectivity index (χ4v) is 1.80. The fourth-order valence-electron chi connectivity index (χ4n) is 1.80. The summed E-state index contributed by atoms with van der Waals surface area (Å²) in [6, 6.07) is 0.260. The van der Waals surface area contributed by atoms with Gasteiger partial charge in [-0.3, -0.25) is 0 Å². The SMILES string of the molecule is CNC1COCC1c1nc(CCOC)no1. The third kappa shape index (κ3) is 2.40. The van der Waals surface area contributed by atoms with E-state index in [1.54, 1.807) is 7.11 Å². The van der Waals surface area contributed by atoms with E-state index < -0.39 is 0 Å². The molecule has 0 amide bonds. The van der Waals surface area contributed by atoms with Crippen molar-refractivity contribution in [3.05, 3.63) is 11.7 Å². The predicted octanol–water partition coefficient (Wildman–Crippen LogP) is -0.0397. The monoisotopic (exact) mass is 227 g/mol. The largest absolute Gasteiger partial charge is 0.384 e. The molecule has 0 bridgehead atoms. The van der Waals surface area contributed by atoms with Gasteiger partial charge in [0, 0.05) is 19.6 Å². The van der Waals surface area contributed by atoms with Gasteiger partial charge in [0.05, 0.1) is 25.7 Å². The Balaban J connectivity index is 2.00. The van der Waals surface area contributed by atoms with Crippen LogP contribution in [0.3, 0.4) is 0 Å². The van der Waals surface area contributed by atoms with Crippen LogP contribution in [0.25, 0.3) is 0 Å². The van der Waals surface area contributed by atoms with Crippen LogP contribution in [0.15, 0.2) is 4.52 Å². The molecule has 1 N–H and O–H groups in total. The fraction of sp³-hybridized carbons (Fsp3) is 0.800. The first-order chi connectivity index (χ1) is 7.85. The average Bonchev–Trinajstić information content (AvgIpc) is 2.94. The lowest BCUT2D eigenvalue weighted by atomic mass is 10.0. The Labute approximate surface area is 94.3 Å². The van der Waals surface area contributed by atoms with Gasteiger partial charge >= 0.3 is 0 Å². The maximum atomic E-state index is 5.39. The first-order valence-electron chi connectivity index (χ1n) is 5.41. The van der Waals surface area contributed by atoms with Crippen molar-refractivity contribution in [2.24, 2.45) is 0 Å². The van der Waals surface area contributed by atoms with Gasteiger partial charge in [0.1, 0.15) is 0 Å². The Kier molecular flexibility index (Phi) is 3.87. The molecule has 0 saturated carbocycles. The van der Waals surface area contributed by atoms with Crippen molar-refractivity contribution in [2.75, 3.05) is 34.0 Å². The molecular weight excluding hydrogens is 210 g/mol. The number of methoxy groups -OCH3 is 1. The summed E-state index contributed by atoms with van der Waals surface area (Å²) in [6.07, 6.45) is 0.678. The third-order valence-corrected chi connectivity index (χ3v) is 2.78. The second-order valence-electron chi connectivity index (χ2n) is 3.83. The van der Waals surface area contributed by atoms with Crippen LogP contribution in [0.4, 0.5) is 0 Å². The van der Waals surface area contributed by atoms with Crippen LogP contribution in [-0.2, 0) is 15.9 Å². The van der Waals surface area contributed by atoms with E-state index in [9.17, 15) is 0 Å². The zero-order valence-electron chi connectivity index (χ0n) is 9.60. The normalized spacial score (nSPS) is 25.1. The molecule has 1 aromatic rings. The van der Waals surface area contributed by atoms with Crippen LogP contribution in [0.2, 0.25) is 0 Å². The number of hydrogen-bond acceptors (Lipinski definition) is 6. The van der Waals surface area contributed by atoms with E-state index in [0.717, 1.165) is 0 Å². The number of aromatic nitrogens is 2. The number of rotatable bonds is 5. The number of ether oxygens (including phenoxy) is 2. The summed E-state index contributed by atoms with van der Waals surface area (Å²) >= 11 is 0. The minimum absolute atomic E-state index is 0.161. The van der Waals surface area contributed by atoms with Crippen LogP contribution < -0.4 is 5.32 Å².